The Hall–Kier alpha value is -3.73. The number of hydrogen-bond acceptors (Lipinski definition) is 6. The second-order valence-corrected chi connectivity index (χ2v) is 8.40. The van der Waals surface area contributed by atoms with Crippen LogP contribution < -0.4 is 16.6 Å². The number of aromatic nitrogens is 2. The smallest absolute Gasteiger partial charge is 0.314 e. The fraction of sp³-hybridized carbons (Fsp3) is 0.333. The third kappa shape index (κ3) is 5.42. The molecule has 0 bridgehead atoms. The Bertz CT molecular complexity index is 1320. The van der Waals surface area contributed by atoms with Crippen molar-refractivity contribution < 1.29 is 13.2 Å². The first kappa shape index (κ1) is 24.9. The van der Waals surface area contributed by atoms with E-state index in [9.17, 15) is 23.2 Å². The first-order valence-corrected chi connectivity index (χ1v) is 10.5. The van der Waals surface area contributed by atoms with Crippen LogP contribution in [0.15, 0.2) is 53.7 Å². The molecule has 3 N–H and O–H groups in total. The Balaban J connectivity index is 2.02. The largest absolute Gasteiger partial charge is 0.416 e. The Labute approximate surface area is 194 Å². The summed E-state index contributed by atoms with van der Waals surface area (Å²) in [6.07, 6.45) is -0.754. The third-order valence-corrected chi connectivity index (χ3v) is 5.46. The van der Waals surface area contributed by atoms with Crippen molar-refractivity contribution in [3.63, 3.8) is 0 Å². The zero-order valence-electron chi connectivity index (χ0n) is 18.5. The zero-order valence-corrected chi connectivity index (χ0v) is 18.5. The van der Waals surface area contributed by atoms with Crippen molar-refractivity contribution in [2.45, 2.75) is 44.7 Å². The molecule has 0 fully saturated rings. The highest BCUT2D eigenvalue weighted by atomic mass is 19.4. The molecule has 0 aliphatic rings. The van der Waals surface area contributed by atoms with Gasteiger partial charge in [0.2, 0.25) is 0 Å². The normalized spacial score (nSPS) is 14.4. The van der Waals surface area contributed by atoms with E-state index in [1.54, 1.807) is 6.07 Å². The van der Waals surface area contributed by atoms with Crippen LogP contribution in [0.5, 0.6) is 0 Å². The van der Waals surface area contributed by atoms with Crippen molar-refractivity contribution in [1.82, 2.24) is 14.9 Å². The average Bonchev–Trinajstić information content (AvgIpc) is 2.80. The second-order valence-electron chi connectivity index (χ2n) is 8.40. The van der Waals surface area contributed by atoms with E-state index in [2.05, 4.69) is 16.4 Å². The lowest BCUT2D eigenvalue weighted by Crippen LogP contribution is -2.48. The van der Waals surface area contributed by atoms with E-state index < -0.39 is 35.5 Å². The average molecular weight is 468 g/mol. The molecule has 2 heterocycles. The minimum Gasteiger partial charge on any atom is -0.314 e. The number of pyridine rings is 2. The number of nitriles is 2. The van der Waals surface area contributed by atoms with E-state index in [4.69, 9.17) is 11.0 Å². The Morgan fingerprint density at radius 1 is 1.18 bits per heavy atom. The summed E-state index contributed by atoms with van der Waals surface area (Å²) < 4.78 is 40.9. The molecule has 0 aliphatic heterocycles. The van der Waals surface area contributed by atoms with E-state index in [0.717, 1.165) is 12.1 Å². The molecule has 2 unspecified atom stereocenters. The lowest BCUT2D eigenvalue weighted by molar-refractivity contribution is -0.137. The molecule has 3 atom stereocenters. The Morgan fingerprint density at radius 2 is 1.91 bits per heavy atom. The van der Waals surface area contributed by atoms with Gasteiger partial charge in [0.15, 0.2) is 0 Å². The quantitative estimate of drug-likeness (QED) is 0.506. The fourth-order valence-corrected chi connectivity index (χ4v) is 3.80. The monoisotopic (exact) mass is 468 g/mol. The van der Waals surface area contributed by atoms with Gasteiger partial charge >= 0.3 is 6.18 Å². The molecule has 3 rings (SSSR count). The molecule has 0 saturated carbocycles. The van der Waals surface area contributed by atoms with Crippen molar-refractivity contribution in [1.29, 1.82) is 10.5 Å². The first-order chi connectivity index (χ1) is 16.0. The van der Waals surface area contributed by atoms with Crippen LogP contribution in [0.4, 0.5) is 13.2 Å². The van der Waals surface area contributed by atoms with Crippen molar-refractivity contribution in [2.75, 3.05) is 0 Å². The summed E-state index contributed by atoms with van der Waals surface area (Å²) in [5.74, 6) is 0.0890. The van der Waals surface area contributed by atoms with Crippen LogP contribution in [-0.4, -0.2) is 15.7 Å². The van der Waals surface area contributed by atoms with Gasteiger partial charge < -0.3 is 10.3 Å². The van der Waals surface area contributed by atoms with Gasteiger partial charge in [0.25, 0.3) is 5.56 Å². The van der Waals surface area contributed by atoms with Gasteiger partial charge in [-0.05, 0) is 42.0 Å². The van der Waals surface area contributed by atoms with E-state index in [0.29, 0.717) is 17.4 Å². The maximum atomic E-state index is 13.2. The summed E-state index contributed by atoms with van der Waals surface area (Å²) in [4.78, 5) is 17.2. The highest BCUT2D eigenvalue weighted by Gasteiger charge is 2.31. The van der Waals surface area contributed by atoms with Gasteiger partial charge in [-0.15, -0.1) is 0 Å². The van der Waals surface area contributed by atoms with Crippen LogP contribution in [0.3, 0.4) is 0 Å². The predicted molar refractivity (Wildman–Crippen MR) is 120 cm³/mol. The zero-order chi connectivity index (χ0) is 25.0. The Kier molecular flexibility index (Phi) is 7.35. The molecule has 0 saturated heterocycles. The number of nitrogens with zero attached hydrogens (tertiary/aromatic N) is 4. The minimum atomic E-state index is -4.58. The van der Waals surface area contributed by atoms with Crippen molar-refractivity contribution in [3.8, 4) is 12.1 Å². The maximum Gasteiger partial charge on any atom is 0.416 e. The van der Waals surface area contributed by atoms with Crippen LogP contribution in [0.2, 0.25) is 0 Å². The minimum absolute atomic E-state index is 0.0685. The molecule has 3 aromatic rings. The topological polar surface area (TPSA) is 121 Å². The summed E-state index contributed by atoms with van der Waals surface area (Å²) in [7, 11) is 0. The van der Waals surface area contributed by atoms with Gasteiger partial charge in [0.05, 0.1) is 29.4 Å². The second kappa shape index (κ2) is 10.0. The number of nitrogens with one attached hydrogen (secondary N) is 1. The molecule has 0 radical (unpaired) electrons. The third-order valence-electron chi connectivity index (χ3n) is 5.46. The lowest BCUT2D eigenvalue weighted by atomic mass is 9.99. The number of nitrogens with two attached hydrogens (primary N) is 1. The number of halogens is 3. The van der Waals surface area contributed by atoms with E-state index in [1.807, 2.05) is 19.9 Å². The highest BCUT2D eigenvalue weighted by molar-refractivity contribution is 5.82. The molecule has 34 heavy (non-hydrogen) atoms. The van der Waals surface area contributed by atoms with E-state index in [-0.39, 0.29) is 16.9 Å². The van der Waals surface area contributed by atoms with Crippen LogP contribution in [0.25, 0.3) is 10.8 Å². The van der Waals surface area contributed by atoms with Crippen molar-refractivity contribution in [3.05, 3.63) is 76.0 Å². The summed E-state index contributed by atoms with van der Waals surface area (Å²) in [6, 6.07) is 8.58. The van der Waals surface area contributed by atoms with Crippen LogP contribution in [-0.2, 0) is 6.18 Å². The van der Waals surface area contributed by atoms with E-state index in [1.165, 1.54) is 35.3 Å². The van der Waals surface area contributed by atoms with Crippen molar-refractivity contribution >= 4 is 10.8 Å². The standard InChI is InChI=1S/C24H23F3N6O/c1-14(2)7-21(22(30)32-20(11-29)17-8-15(10-28)12-31-13-17)33-6-5-16-3-4-18(24(25,26)27)9-19(16)23(33)34/h3-6,8-9,12-14,20-22,32H,7,30H2,1-2H3/t20?,21-,22?/m0/s1. The van der Waals surface area contributed by atoms with Gasteiger partial charge in [-0.2, -0.15) is 23.7 Å². The van der Waals surface area contributed by atoms with Gasteiger partial charge in [-0.3, -0.25) is 15.1 Å². The molecule has 1 aromatic carbocycles. The summed E-state index contributed by atoms with van der Waals surface area (Å²) in [5, 5.41) is 22.1. The molecule has 7 nitrogen and oxygen atoms in total. The molecule has 176 valence electrons. The molecular weight excluding hydrogens is 445 g/mol. The number of alkyl halides is 3. The number of benzene rings is 1. The molecule has 2 aromatic heterocycles. The number of hydrogen-bond donors (Lipinski definition) is 2. The van der Waals surface area contributed by atoms with Crippen LogP contribution in [0, 0.1) is 28.6 Å². The van der Waals surface area contributed by atoms with Gasteiger partial charge in [0, 0.05) is 29.5 Å². The molecule has 0 amide bonds. The maximum absolute atomic E-state index is 13.2. The predicted octanol–water partition coefficient (Wildman–Crippen LogP) is 4.01. The Morgan fingerprint density at radius 3 is 2.53 bits per heavy atom. The summed E-state index contributed by atoms with van der Waals surface area (Å²) in [6.45, 7) is 3.85. The van der Waals surface area contributed by atoms with Gasteiger partial charge in [0.1, 0.15) is 12.1 Å². The van der Waals surface area contributed by atoms with Gasteiger partial charge in [-0.1, -0.05) is 19.9 Å². The van der Waals surface area contributed by atoms with Crippen LogP contribution in [0.1, 0.15) is 49.0 Å². The van der Waals surface area contributed by atoms with Gasteiger partial charge in [-0.25, -0.2) is 0 Å². The van der Waals surface area contributed by atoms with Crippen LogP contribution >= 0.6 is 0 Å². The lowest BCUT2D eigenvalue weighted by Gasteiger charge is -2.30. The molecule has 10 heteroatoms. The molecule has 0 spiro atoms. The number of rotatable bonds is 7. The number of fused-ring (bicyclic) bond motifs is 1. The molecular formula is C24H23F3N6O. The molecule has 0 aliphatic carbocycles. The summed E-state index contributed by atoms with van der Waals surface area (Å²) in [5.41, 5.74) is 5.60. The fourth-order valence-electron chi connectivity index (χ4n) is 3.80. The summed E-state index contributed by atoms with van der Waals surface area (Å²) >= 11 is 0. The SMILES string of the molecule is CC(C)C[C@@H](C(N)NC(C#N)c1cncc(C#N)c1)n1ccc2ccc(C(F)(F)F)cc2c1=O. The van der Waals surface area contributed by atoms with E-state index >= 15 is 0 Å². The van der Waals surface area contributed by atoms with Crippen molar-refractivity contribution in [2.24, 2.45) is 11.7 Å². The first-order valence-electron chi connectivity index (χ1n) is 10.5. The highest BCUT2D eigenvalue weighted by Crippen LogP contribution is 2.31.